The summed E-state index contributed by atoms with van der Waals surface area (Å²) in [6.07, 6.45) is 4.78. The third-order valence-corrected chi connectivity index (χ3v) is 7.36. The van der Waals surface area contributed by atoms with Crippen molar-refractivity contribution in [3.8, 4) is 0 Å². The lowest BCUT2D eigenvalue weighted by Crippen LogP contribution is -2.42. The molecule has 3 aromatic rings. The second kappa shape index (κ2) is 11.1. The van der Waals surface area contributed by atoms with E-state index in [2.05, 4.69) is 10.3 Å². The second-order valence-corrected chi connectivity index (χ2v) is 10.9. The van der Waals surface area contributed by atoms with E-state index < -0.39 is 9.84 Å². The number of imidazole rings is 1. The summed E-state index contributed by atoms with van der Waals surface area (Å²) in [5.41, 5.74) is 1.31. The molecular formula is C25H32N4O5S. The molecule has 35 heavy (non-hydrogen) atoms. The average Bonchev–Trinajstić information content (AvgIpc) is 3.57. The van der Waals surface area contributed by atoms with Crippen molar-refractivity contribution < 1.29 is 22.4 Å². The highest BCUT2D eigenvalue weighted by Crippen LogP contribution is 2.23. The first-order valence-corrected chi connectivity index (χ1v) is 13.5. The van der Waals surface area contributed by atoms with E-state index in [1.54, 1.807) is 46.2 Å². The first-order chi connectivity index (χ1) is 16.8. The molecule has 1 unspecified atom stereocenters. The number of urea groups is 1. The molecule has 1 aliphatic rings. The Kier molecular flexibility index (Phi) is 7.92. The SMILES string of the molecule is CC(C)NC(=O)N(Cc1ccco1)Cc1cnc(S(=O)(=O)Cc2ccccc2)n1CC1CCCO1. The van der Waals surface area contributed by atoms with Crippen molar-refractivity contribution in [1.82, 2.24) is 19.8 Å². The van der Waals surface area contributed by atoms with E-state index in [1.807, 2.05) is 32.0 Å². The number of hydrogen-bond acceptors (Lipinski definition) is 6. The number of sulfone groups is 1. The van der Waals surface area contributed by atoms with Gasteiger partial charge in [-0.1, -0.05) is 30.3 Å². The van der Waals surface area contributed by atoms with Gasteiger partial charge in [-0.2, -0.15) is 0 Å². The van der Waals surface area contributed by atoms with Crippen LogP contribution in [-0.4, -0.2) is 47.7 Å². The van der Waals surface area contributed by atoms with Gasteiger partial charge >= 0.3 is 6.03 Å². The molecule has 1 atom stereocenters. The number of rotatable bonds is 10. The van der Waals surface area contributed by atoms with Gasteiger partial charge in [0.2, 0.25) is 15.0 Å². The number of furan rings is 1. The van der Waals surface area contributed by atoms with E-state index in [0.29, 0.717) is 30.2 Å². The first-order valence-electron chi connectivity index (χ1n) is 11.8. The Morgan fingerprint density at radius 3 is 2.66 bits per heavy atom. The monoisotopic (exact) mass is 500 g/mol. The van der Waals surface area contributed by atoms with E-state index >= 15 is 0 Å². The van der Waals surface area contributed by atoms with Gasteiger partial charge in [0.15, 0.2) is 0 Å². The molecular weight excluding hydrogens is 468 g/mol. The number of aromatic nitrogens is 2. The molecule has 1 aromatic carbocycles. The molecule has 0 radical (unpaired) electrons. The molecule has 3 heterocycles. The third kappa shape index (κ3) is 6.52. The number of nitrogens with zero attached hydrogens (tertiary/aromatic N) is 3. The summed E-state index contributed by atoms with van der Waals surface area (Å²) in [6.45, 7) is 5.20. The Labute approximate surface area is 206 Å². The highest BCUT2D eigenvalue weighted by atomic mass is 32.2. The van der Waals surface area contributed by atoms with Crippen LogP contribution in [0.2, 0.25) is 0 Å². The van der Waals surface area contributed by atoms with E-state index in [9.17, 15) is 13.2 Å². The van der Waals surface area contributed by atoms with Crippen LogP contribution < -0.4 is 5.32 Å². The van der Waals surface area contributed by atoms with E-state index in [0.717, 1.165) is 12.8 Å². The zero-order chi connectivity index (χ0) is 24.8. The number of carbonyl (C=O) groups is 1. The zero-order valence-electron chi connectivity index (χ0n) is 20.1. The number of benzene rings is 1. The van der Waals surface area contributed by atoms with Gasteiger partial charge in [0.25, 0.3) is 0 Å². The highest BCUT2D eigenvalue weighted by Gasteiger charge is 2.28. The van der Waals surface area contributed by atoms with Gasteiger partial charge in [-0.15, -0.1) is 0 Å². The van der Waals surface area contributed by atoms with Crippen LogP contribution in [0.15, 0.2) is 64.5 Å². The van der Waals surface area contributed by atoms with Gasteiger partial charge < -0.3 is 23.9 Å². The maximum absolute atomic E-state index is 13.4. The van der Waals surface area contributed by atoms with Crippen molar-refractivity contribution in [2.24, 2.45) is 0 Å². The fourth-order valence-corrected chi connectivity index (χ4v) is 5.64. The smallest absolute Gasteiger partial charge is 0.318 e. The summed E-state index contributed by atoms with van der Waals surface area (Å²) >= 11 is 0. The molecule has 0 spiro atoms. The molecule has 1 N–H and O–H groups in total. The maximum Gasteiger partial charge on any atom is 0.318 e. The number of carbonyl (C=O) groups excluding carboxylic acids is 1. The number of ether oxygens (including phenoxy) is 1. The van der Waals surface area contributed by atoms with Gasteiger partial charge in [-0.3, -0.25) is 0 Å². The molecule has 188 valence electrons. The molecule has 0 saturated carbocycles. The van der Waals surface area contributed by atoms with Crippen molar-refractivity contribution in [1.29, 1.82) is 0 Å². The Morgan fingerprint density at radius 2 is 2.00 bits per heavy atom. The minimum atomic E-state index is -3.73. The standard InChI is InChI=1S/C25H32N4O5S/c1-19(2)27-24(30)28(16-22-10-6-12-33-22)15-21-14-26-25(29(21)17-23-11-7-13-34-23)35(31,32)18-20-8-4-3-5-9-20/h3-6,8-10,12,14,19,23H,7,11,13,15-18H2,1-2H3,(H,27,30). The molecule has 0 aliphatic carbocycles. The lowest BCUT2D eigenvalue weighted by atomic mass is 10.2. The van der Waals surface area contributed by atoms with Gasteiger partial charge in [0.1, 0.15) is 5.76 Å². The van der Waals surface area contributed by atoms with Crippen LogP contribution in [0.25, 0.3) is 0 Å². The molecule has 4 rings (SSSR count). The molecule has 10 heteroatoms. The Bertz CT molecular complexity index is 1200. The van der Waals surface area contributed by atoms with Crippen molar-refractivity contribution in [3.63, 3.8) is 0 Å². The van der Waals surface area contributed by atoms with Gasteiger partial charge in [-0.25, -0.2) is 18.2 Å². The molecule has 0 bridgehead atoms. The van der Waals surface area contributed by atoms with Gasteiger partial charge in [0.05, 0.1) is 49.6 Å². The minimum absolute atomic E-state index is 0.00549. The zero-order valence-corrected chi connectivity index (χ0v) is 20.9. The molecule has 1 aliphatic heterocycles. The second-order valence-electron chi connectivity index (χ2n) is 9.06. The molecule has 2 amide bonds. The lowest BCUT2D eigenvalue weighted by molar-refractivity contribution is 0.0933. The number of hydrogen-bond donors (Lipinski definition) is 1. The lowest BCUT2D eigenvalue weighted by Gasteiger charge is -2.25. The fraction of sp³-hybridized carbons (Fsp3) is 0.440. The van der Waals surface area contributed by atoms with Gasteiger partial charge in [0, 0.05) is 12.6 Å². The largest absolute Gasteiger partial charge is 0.467 e. The average molecular weight is 501 g/mol. The molecule has 1 saturated heterocycles. The molecule has 1 fully saturated rings. The van der Waals surface area contributed by atoms with E-state index in [4.69, 9.17) is 9.15 Å². The Balaban J connectivity index is 1.65. The summed E-state index contributed by atoms with van der Waals surface area (Å²) in [5, 5.41) is 2.91. The topological polar surface area (TPSA) is 107 Å². The van der Waals surface area contributed by atoms with E-state index in [1.165, 1.54) is 0 Å². The Morgan fingerprint density at radius 1 is 1.20 bits per heavy atom. The van der Waals surface area contributed by atoms with Crippen molar-refractivity contribution in [3.05, 3.63) is 71.9 Å². The van der Waals surface area contributed by atoms with Crippen LogP contribution >= 0.6 is 0 Å². The predicted molar refractivity (Wildman–Crippen MR) is 130 cm³/mol. The Hall–Kier alpha value is -3.11. The number of amides is 2. The first kappa shape index (κ1) is 25.0. The summed E-state index contributed by atoms with van der Waals surface area (Å²) < 4.78 is 39.8. The van der Waals surface area contributed by atoms with Gasteiger partial charge in [-0.05, 0) is 44.4 Å². The summed E-state index contributed by atoms with van der Waals surface area (Å²) in [6, 6.07) is 12.3. The van der Waals surface area contributed by atoms with Crippen LogP contribution in [0.3, 0.4) is 0 Å². The van der Waals surface area contributed by atoms with Crippen molar-refractivity contribution >= 4 is 15.9 Å². The quantitative estimate of drug-likeness (QED) is 0.454. The van der Waals surface area contributed by atoms with Crippen LogP contribution in [0.1, 0.15) is 43.7 Å². The van der Waals surface area contributed by atoms with Crippen LogP contribution in [0.4, 0.5) is 4.79 Å². The van der Waals surface area contributed by atoms with E-state index in [-0.39, 0.29) is 42.2 Å². The minimum Gasteiger partial charge on any atom is -0.467 e. The van der Waals surface area contributed by atoms with Crippen molar-refractivity contribution in [2.45, 2.75) is 69.4 Å². The van der Waals surface area contributed by atoms with Crippen LogP contribution in [0.5, 0.6) is 0 Å². The normalized spacial score (nSPS) is 16.0. The summed E-state index contributed by atoms with van der Waals surface area (Å²) in [4.78, 5) is 18.9. The molecule has 2 aromatic heterocycles. The van der Waals surface area contributed by atoms with Crippen molar-refractivity contribution in [2.75, 3.05) is 6.61 Å². The summed E-state index contributed by atoms with van der Waals surface area (Å²) in [5.74, 6) is 0.478. The van der Waals surface area contributed by atoms with Crippen LogP contribution in [-0.2, 0) is 40.0 Å². The fourth-order valence-electron chi connectivity index (χ4n) is 4.14. The number of nitrogens with one attached hydrogen (secondary N) is 1. The molecule has 9 nitrogen and oxygen atoms in total. The summed E-state index contributed by atoms with van der Waals surface area (Å²) in [7, 11) is -3.73. The highest BCUT2D eigenvalue weighted by molar-refractivity contribution is 7.90. The van der Waals surface area contributed by atoms with Crippen LogP contribution in [0, 0.1) is 0 Å². The predicted octanol–water partition coefficient (Wildman–Crippen LogP) is 3.75. The maximum atomic E-state index is 13.4. The third-order valence-electron chi connectivity index (χ3n) is 5.77.